The normalized spacial score (nSPS) is 15.7. The summed E-state index contributed by atoms with van der Waals surface area (Å²) in [6, 6.07) is 14.6. The fraction of sp³-hybridized carbons (Fsp3) is 0.286. The van der Waals surface area contributed by atoms with Crippen molar-refractivity contribution in [3.05, 3.63) is 53.6 Å². The number of rotatable bonds is 5. The van der Waals surface area contributed by atoms with Crippen LogP contribution in [0.25, 0.3) is 0 Å². The molecule has 0 atom stereocenters. The summed E-state index contributed by atoms with van der Waals surface area (Å²) < 4.78 is 5.39. The molecule has 0 radical (unpaired) electrons. The number of anilines is 2. The Morgan fingerprint density at radius 3 is 2.39 bits per heavy atom. The van der Waals surface area contributed by atoms with Crippen molar-refractivity contribution in [1.29, 1.82) is 5.26 Å². The summed E-state index contributed by atoms with van der Waals surface area (Å²) in [5.41, 5.74) is 1.90. The topological polar surface area (TPSA) is 76.8 Å². The Morgan fingerprint density at radius 1 is 1.18 bits per heavy atom. The van der Waals surface area contributed by atoms with Crippen LogP contribution in [0.2, 0.25) is 0 Å². The Morgan fingerprint density at radius 2 is 1.82 bits per heavy atom. The molecule has 1 heterocycles. The van der Waals surface area contributed by atoms with Crippen LogP contribution < -0.4 is 14.5 Å². The average Bonchev–Trinajstić information content (AvgIpc) is 2.85. The van der Waals surface area contributed by atoms with Gasteiger partial charge >= 0.3 is 0 Å². The molecule has 6 nitrogen and oxygen atoms in total. The monoisotopic (exact) mass is 395 g/mol. The van der Waals surface area contributed by atoms with Crippen LogP contribution in [0.4, 0.5) is 11.4 Å². The molecular weight excluding hydrogens is 374 g/mol. The number of carbonyl (C=O) groups is 1. The van der Waals surface area contributed by atoms with Gasteiger partial charge in [0.05, 0.1) is 23.9 Å². The van der Waals surface area contributed by atoms with Gasteiger partial charge in [0.25, 0.3) is 5.91 Å². The van der Waals surface area contributed by atoms with E-state index in [1.807, 2.05) is 37.8 Å². The minimum Gasteiger partial charge on any atom is -0.491 e. The van der Waals surface area contributed by atoms with Gasteiger partial charge in [0.1, 0.15) is 17.9 Å². The van der Waals surface area contributed by atoms with E-state index in [0.717, 1.165) is 11.3 Å². The number of aryl methyl sites for hydroxylation is 1. The summed E-state index contributed by atoms with van der Waals surface area (Å²) in [6.45, 7) is 5.65. The van der Waals surface area contributed by atoms with E-state index < -0.39 is 5.54 Å². The largest absolute Gasteiger partial charge is 0.491 e. The molecule has 144 valence electrons. The van der Waals surface area contributed by atoms with Crippen molar-refractivity contribution in [2.24, 2.45) is 0 Å². The lowest BCUT2D eigenvalue weighted by molar-refractivity contribution is -0.120. The molecule has 1 N–H and O–H groups in total. The van der Waals surface area contributed by atoms with Crippen molar-refractivity contribution >= 4 is 34.6 Å². The Kier molecular flexibility index (Phi) is 5.36. The Labute approximate surface area is 169 Å². The number of thiocarbonyl (C=S) groups is 1. The van der Waals surface area contributed by atoms with E-state index in [0.29, 0.717) is 22.1 Å². The number of ether oxygens (including phenoxy) is 1. The number of carbonyl (C=O) groups excluding carboxylic acids is 1. The van der Waals surface area contributed by atoms with Crippen LogP contribution in [-0.4, -0.2) is 34.9 Å². The van der Waals surface area contributed by atoms with Crippen molar-refractivity contribution in [1.82, 2.24) is 0 Å². The molecule has 2 aromatic carbocycles. The van der Waals surface area contributed by atoms with Crippen LogP contribution in [0.1, 0.15) is 25.0 Å². The van der Waals surface area contributed by atoms with Crippen molar-refractivity contribution in [2.45, 2.75) is 26.3 Å². The van der Waals surface area contributed by atoms with E-state index in [2.05, 4.69) is 6.07 Å². The second-order valence-corrected chi connectivity index (χ2v) is 7.36. The molecule has 0 unspecified atom stereocenters. The van der Waals surface area contributed by atoms with E-state index in [-0.39, 0.29) is 19.1 Å². The highest BCUT2D eigenvalue weighted by Crippen LogP contribution is 2.37. The highest BCUT2D eigenvalue weighted by Gasteiger charge is 2.50. The van der Waals surface area contributed by atoms with Crippen molar-refractivity contribution in [2.75, 3.05) is 23.0 Å². The van der Waals surface area contributed by atoms with E-state index >= 15 is 0 Å². The minimum absolute atomic E-state index is 0.0571. The average molecular weight is 395 g/mol. The molecule has 0 aliphatic carbocycles. The first-order valence-electron chi connectivity index (χ1n) is 8.84. The highest BCUT2D eigenvalue weighted by atomic mass is 32.1. The molecule has 1 aliphatic heterocycles. The first-order chi connectivity index (χ1) is 13.3. The second-order valence-electron chi connectivity index (χ2n) is 6.99. The smallest absolute Gasteiger partial charge is 0.259 e. The van der Waals surface area contributed by atoms with E-state index in [1.165, 1.54) is 4.90 Å². The summed E-state index contributed by atoms with van der Waals surface area (Å²) >= 11 is 5.66. The molecule has 1 amide bonds. The molecule has 7 heteroatoms. The van der Waals surface area contributed by atoms with Crippen molar-refractivity contribution in [3.8, 4) is 11.8 Å². The quantitative estimate of drug-likeness (QED) is 0.784. The van der Waals surface area contributed by atoms with Gasteiger partial charge in [-0.3, -0.25) is 9.69 Å². The second kappa shape index (κ2) is 7.58. The molecule has 28 heavy (non-hydrogen) atoms. The fourth-order valence-corrected chi connectivity index (χ4v) is 3.75. The standard InChI is InChI=1S/C21H21N3O3S/c1-14-12-17(5-4-15(14)13-22)23-19(26)21(2,3)24(20(23)28)16-6-8-18(9-7-16)27-11-10-25/h4-9,12,25H,10-11H2,1-3H3. The highest BCUT2D eigenvalue weighted by molar-refractivity contribution is 7.81. The first kappa shape index (κ1) is 19.8. The van der Waals surface area contributed by atoms with E-state index in [4.69, 9.17) is 27.3 Å². The lowest BCUT2D eigenvalue weighted by atomic mass is 10.0. The predicted octanol–water partition coefficient (Wildman–Crippen LogP) is 3.15. The molecule has 0 spiro atoms. The maximum absolute atomic E-state index is 13.2. The predicted molar refractivity (Wildman–Crippen MR) is 112 cm³/mol. The summed E-state index contributed by atoms with van der Waals surface area (Å²) in [4.78, 5) is 16.5. The van der Waals surface area contributed by atoms with Gasteiger partial charge in [-0.15, -0.1) is 0 Å². The third-order valence-electron chi connectivity index (χ3n) is 4.71. The molecule has 3 rings (SSSR count). The van der Waals surface area contributed by atoms with Gasteiger partial charge in [-0.05, 0) is 81.0 Å². The lowest BCUT2D eigenvalue weighted by Gasteiger charge is -2.29. The fourth-order valence-electron chi connectivity index (χ4n) is 3.22. The van der Waals surface area contributed by atoms with Crippen LogP contribution in [0, 0.1) is 18.3 Å². The zero-order valence-electron chi connectivity index (χ0n) is 16.0. The molecule has 0 saturated carbocycles. The molecule has 1 saturated heterocycles. The van der Waals surface area contributed by atoms with Crippen molar-refractivity contribution < 1.29 is 14.6 Å². The summed E-state index contributed by atoms with van der Waals surface area (Å²) in [6.07, 6.45) is 0. The van der Waals surface area contributed by atoms with Crippen LogP contribution in [0.5, 0.6) is 5.75 Å². The number of amides is 1. The molecule has 2 aromatic rings. The SMILES string of the molecule is Cc1cc(N2C(=O)C(C)(C)N(c3ccc(OCCO)cc3)C2=S)ccc1C#N. The van der Waals surface area contributed by atoms with Gasteiger partial charge in [-0.2, -0.15) is 5.26 Å². The third kappa shape index (κ3) is 3.33. The Bertz CT molecular complexity index is 964. The third-order valence-corrected chi connectivity index (χ3v) is 5.08. The number of aliphatic hydroxyl groups is 1. The number of aliphatic hydroxyl groups excluding tert-OH is 1. The molecular formula is C21H21N3O3S. The van der Waals surface area contributed by atoms with Crippen LogP contribution in [-0.2, 0) is 4.79 Å². The number of benzene rings is 2. The van der Waals surface area contributed by atoms with Crippen LogP contribution in [0.3, 0.4) is 0 Å². The zero-order valence-corrected chi connectivity index (χ0v) is 16.8. The van der Waals surface area contributed by atoms with Gasteiger partial charge in [0.15, 0.2) is 5.11 Å². The molecule has 0 aromatic heterocycles. The van der Waals surface area contributed by atoms with Crippen LogP contribution >= 0.6 is 12.2 Å². The Balaban J connectivity index is 1.96. The summed E-state index contributed by atoms with van der Waals surface area (Å²) in [7, 11) is 0. The van der Waals surface area contributed by atoms with Gasteiger partial charge in [-0.1, -0.05) is 0 Å². The van der Waals surface area contributed by atoms with Crippen molar-refractivity contribution in [3.63, 3.8) is 0 Å². The molecule has 1 aliphatic rings. The van der Waals surface area contributed by atoms with Gasteiger partial charge in [-0.25, -0.2) is 0 Å². The number of nitriles is 1. The van der Waals surface area contributed by atoms with Crippen LogP contribution in [0.15, 0.2) is 42.5 Å². The minimum atomic E-state index is -0.869. The van der Waals surface area contributed by atoms with Gasteiger partial charge < -0.3 is 14.7 Å². The summed E-state index contributed by atoms with van der Waals surface area (Å²) in [5, 5.41) is 18.4. The van der Waals surface area contributed by atoms with E-state index in [9.17, 15) is 4.79 Å². The van der Waals surface area contributed by atoms with Gasteiger partial charge in [0.2, 0.25) is 0 Å². The lowest BCUT2D eigenvalue weighted by Crippen LogP contribution is -2.44. The summed E-state index contributed by atoms with van der Waals surface area (Å²) in [5.74, 6) is 0.494. The number of hydrogen-bond donors (Lipinski definition) is 1. The first-order valence-corrected chi connectivity index (χ1v) is 9.25. The number of hydrogen-bond acceptors (Lipinski definition) is 5. The molecule has 1 fully saturated rings. The number of nitrogens with zero attached hydrogens (tertiary/aromatic N) is 3. The Hall–Kier alpha value is -2.95. The maximum atomic E-state index is 13.2. The zero-order chi connectivity index (χ0) is 20.5. The molecule has 0 bridgehead atoms. The maximum Gasteiger partial charge on any atom is 0.259 e. The van der Waals surface area contributed by atoms with E-state index in [1.54, 1.807) is 30.3 Å². The van der Waals surface area contributed by atoms with Gasteiger partial charge in [0, 0.05) is 5.69 Å².